The largest absolute Gasteiger partial charge is 0.376 e. The van der Waals surface area contributed by atoms with Gasteiger partial charge in [-0.25, -0.2) is 0 Å². The Balaban J connectivity index is 1.61. The highest BCUT2D eigenvalue weighted by atomic mass is 16.5. The highest BCUT2D eigenvalue weighted by molar-refractivity contribution is 6.22. The van der Waals surface area contributed by atoms with Crippen LogP contribution in [-0.4, -0.2) is 42.4 Å². The summed E-state index contributed by atoms with van der Waals surface area (Å²) in [5, 5.41) is 0. The molecule has 1 atom stereocenters. The number of benzene rings is 2. The molecule has 1 aliphatic heterocycles. The summed E-state index contributed by atoms with van der Waals surface area (Å²) < 4.78 is 5.66. The van der Waals surface area contributed by atoms with E-state index in [0.29, 0.717) is 29.8 Å². The first-order valence-electron chi connectivity index (χ1n) is 8.88. The van der Waals surface area contributed by atoms with Gasteiger partial charge in [-0.1, -0.05) is 30.3 Å². The van der Waals surface area contributed by atoms with E-state index < -0.39 is 0 Å². The van der Waals surface area contributed by atoms with Crippen molar-refractivity contribution < 1.29 is 14.3 Å². The minimum Gasteiger partial charge on any atom is -0.376 e. The Morgan fingerprint density at radius 1 is 1.12 bits per heavy atom. The monoisotopic (exact) mass is 335 g/mol. The van der Waals surface area contributed by atoms with E-state index in [1.165, 1.54) is 0 Å². The first-order chi connectivity index (χ1) is 12.2. The Morgan fingerprint density at radius 3 is 2.60 bits per heavy atom. The summed E-state index contributed by atoms with van der Waals surface area (Å²) in [5.74, 6) is -0.0352. The number of ketones is 1. The van der Waals surface area contributed by atoms with Crippen LogP contribution in [0.5, 0.6) is 0 Å². The molecular weight excluding hydrogens is 314 g/mol. The van der Waals surface area contributed by atoms with E-state index in [9.17, 15) is 9.59 Å². The smallest absolute Gasteiger partial charge is 0.253 e. The van der Waals surface area contributed by atoms with Crippen molar-refractivity contribution in [2.45, 2.75) is 25.9 Å². The first kappa shape index (κ1) is 16.0. The van der Waals surface area contributed by atoms with Gasteiger partial charge in [-0.3, -0.25) is 9.59 Å². The lowest BCUT2D eigenvalue weighted by Crippen LogP contribution is -2.37. The average Bonchev–Trinajstić information content (AvgIpc) is 3.26. The zero-order valence-electron chi connectivity index (χ0n) is 14.3. The zero-order chi connectivity index (χ0) is 17.4. The van der Waals surface area contributed by atoms with Gasteiger partial charge in [0.1, 0.15) is 0 Å². The number of hydrogen-bond donors (Lipinski definition) is 0. The summed E-state index contributed by atoms with van der Waals surface area (Å²) in [5.41, 5.74) is 3.78. The van der Waals surface area contributed by atoms with Gasteiger partial charge in [-0.15, -0.1) is 0 Å². The summed E-state index contributed by atoms with van der Waals surface area (Å²) in [7, 11) is 0. The molecule has 0 N–H and O–H groups in total. The molecule has 1 fully saturated rings. The van der Waals surface area contributed by atoms with E-state index in [-0.39, 0.29) is 17.8 Å². The SMILES string of the molecule is CCN(CC1CCCO1)C(=O)c1ccc2c(c1)C(=O)c1ccccc1-2. The molecule has 0 aromatic heterocycles. The Morgan fingerprint density at radius 2 is 1.88 bits per heavy atom. The Hall–Kier alpha value is -2.46. The standard InChI is InChI=1S/C21H21NO3/c1-2-22(13-15-6-5-11-25-15)21(24)14-9-10-17-16-7-3-4-8-18(16)20(23)19(17)12-14/h3-4,7-10,12,15H,2,5-6,11,13H2,1H3. The lowest BCUT2D eigenvalue weighted by atomic mass is 10.0. The second-order valence-corrected chi connectivity index (χ2v) is 6.61. The molecule has 0 bridgehead atoms. The molecule has 0 spiro atoms. The predicted molar refractivity (Wildman–Crippen MR) is 95.9 cm³/mol. The molecule has 0 radical (unpaired) electrons. The Labute approximate surface area is 147 Å². The van der Waals surface area contributed by atoms with Crippen LogP contribution in [-0.2, 0) is 4.74 Å². The third kappa shape index (κ3) is 2.76. The molecule has 1 amide bonds. The molecule has 1 saturated heterocycles. The normalized spacial score (nSPS) is 18.1. The second-order valence-electron chi connectivity index (χ2n) is 6.61. The van der Waals surface area contributed by atoms with Crippen LogP contribution in [0.2, 0.25) is 0 Å². The molecule has 2 aromatic carbocycles. The van der Waals surface area contributed by atoms with Crippen LogP contribution in [0.25, 0.3) is 11.1 Å². The molecule has 4 rings (SSSR count). The number of amides is 1. The van der Waals surface area contributed by atoms with Crippen LogP contribution in [0.15, 0.2) is 42.5 Å². The van der Waals surface area contributed by atoms with Crippen molar-refractivity contribution in [2.75, 3.05) is 19.7 Å². The van der Waals surface area contributed by atoms with E-state index in [0.717, 1.165) is 30.6 Å². The van der Waals surface area contributed by atoms with Gasteiger partial charge in [0.05, 0.1) is 6.10 Å². The number of hydrogen-bond acceptors (Lipinski definition) is 3. The summed E-state index contributed by atoms with van der Waals surface area (Å²) in [6.07, 6.45) is 2.19. The van der Waals surface area contributed by atoms with Crippen molar-refractivity contribution in [1.82, 2.24) is 4.90 Å². The molecule has 128 valence electrons. The van der Waals surface area contributed by atoms with E-state index in [4.69, 9.17) is 4.74 Å². The van der Waals surface area contributed by atoms with Crippen molar-refractivity contribution in [2.24, 2.45) is 0 Å². The molecule has 1 aliphatic carbocycles. The molecule has 25 heavy (non-hydrogen) atoms. The summed E-state index contributed by atoms with van der Waals surface area (Å²) in [6.45, 7) is 3.99. The minimum atomic E-state index is -0.0374. The maximum atomic E-state index is 12.9. The third-order valence-corrected chi connectivity index (χ3v) is 5.09. The van der Waals surface area contributed by atoms with Crippen LogP contribution in [0.1, 0.15) is 46.0 Å². The maximum Gasteiger partial charge on any atom is 0.253 e. The van der Waals surface area contributed by atoms with Crippen LogP contribution >= 0.6 is 0 Å². The maximum absolute atomic E-state index is 12.9. The summed E-state index contributed by atoms with van der Waals surface area (Å²) in [4.78, 5) is 27.3. The summed E-state index contributed by atoms with van der Waals surface area (Å²) in [6, 6.07) is 13.1. The van der Waals surface area contributed by atoms with Crippen molar-refractivity contribution in [3.8, 4) is 11.1 Å². The molecule has 1 heterocycles. The number of nitrogens with zero attached hydrogens (tertiary/aromatic N) is 1. The first-order valence-corrected chi connectivity index (χ1v) is 8.88. The second kappa shape index (κ2) is 6.45. The fraction of sp³-hybridized carbons (Fsp3) is 0.333. The van der Waals surface area contributed by atoms with Gasteiger partial charge in [0.25, 0.3) is 5.91 Å². The molecule has 2 aliphatic rings. The number of carbonyl (C=O) groups is 2. The third-order valence-electron chi connectivity index (χ3n) is 5.09. The van der Waals surface area contributed by atoms with Crippen LogP contribution < -0.4 is 0 Å². The topological polar surface area (TPSA) is 46.6 Å². The number of likely N-dealkylation sites (N-methyl/N-ethyl adjacent to an activating group) is 1. The predicted octanol–water partition coefficient (Wildman–Crippen LogP) is 3.54. The molecule has 4 nitrogen and oxygen atoms in total. The van der Waals surface area contributed by atoms with Crippen molar-refractivity contribution in [3.05, 3.63) is 59.2 Å². The van der Waals surface area contributed by atoms with Gasteiger partial charge >= 0.3 is 0 Å². The fourth-order valence-electron chi connectivity index (χ4n) is 3.73. The number of fused-ring (bicyclic) bond motifs is 3. The molecule has 4 heteroatoms. The lowest BCUT2D eigenvalue weighted by Gasteiger charge is -2.24. The number of carbonyl (C=O) groups excluding carboxylic acids is 2. The van der Waals surface area contributed by atoms with Gasteiger partial charge in [0, 0.05) is 36.4 Å². The van der Waals surface area contributed by atoms with E-state index in [1.807, 2.05) is 48.2 Å². The highest BCUT2D eigenvalue weighted by Crippen LogP contribution is 2.36. The van der Waals surface area contributed by atoms with Crippen LogP contribution in [0.3, 0.4) is 0 Å². The molecule has 0 saturated carbocycles. The highest BCUT2D eigenvalue weighted by Gasteiger charge is 2.28. The Kier molecular flexibility index (Phi) is 4.14. The van der Waals surface area contributed by atoms with Crippen molar-refractivity contribution in [1.29, 1.82) is 0 Å². The quantitative estimate of drug-likeness (QED) is 0.733. The molecular formula is C21H21NO3. The van der Waals surface area contributed by atoms with Gasteiger partial charge in [-0.05, 0) is 43.0 Å². The molecule has 2 aromatic rings. The summed E-state index contributed by atoms with van der Waals surface area (Å²) >= 11 is 0. The van der Waals surface area contributed by atoms with E-state index in [2.05, 4.69) is 0 Å². The fourth-order valence-corrected chi connectivity index (χ4v) is 3.73. The van der Waals surface area contributed by atoms with Gasteiger partial charge in [-0.2, -0.15) is 0 Å². The van der Waals surface area contributed by atoms with Crippen molar-refractivity contribution in [3.63, 3.8) is 0 Å². The number of ether oxygens (including phenoxy) is 1. The number of rotatable bonds is 4. The van der Waals surface area contributed by atoms with Gasteiger partial charge < -0.3 is 9.64 Å². The van der Waals surface area contributed by atoms with Crippen LogP contribution in [0.4, 0.5) is 0 Å². The van der Waals surface area contributed by atoms with Gasteiger partial charge in [0.2, 0.25) is 0 Å². The minimum absolute atomic E-state index is 0.00225. The zero-order valence-corrected chi connectivity index (χ0v) is 14.3. The van der Waals surface area contributed by atoms with Gasteiger partial charge in [0.15, 0.2) is 5.78 Å². The average molecular weight is 335 g/mol. The lowest BCUT2D eigenvalue weighted by molar-refractivity contribution is 0.0539. The van der Waals surface area contributed by atoms with Crippen molar-refractivity contribution >= 4 is 11.7 Å². The van der Waals surface area contributed by atoms with E-state index in [1.54, 1.807) is 6.07 Å². The van der Waals surface area contributed by atoms with E-state index >= 15 is 0 Å². The Bertz CT molecular complexity index is 837. The van der Waals surface area contributed by atoms with Crippen LogP contribution in [0, 0.1) is 0 Å². The molecule has 1 unspecified atom stereocenters.